The van der Waals surface area contributed by atoms with E-state index in [1.165, 1.54) is 18.4 Å². The summed E-state index contributed by atoms with van der Waals surface area (Å²) >= 11 is 1.66. The molecule has 4 aliphatic heterocycles. The molecule has 2 aromatic carbocycles. The normalized spacial score (nSPS) is 27.8. The van der Waals surface area contributed by atoms with Crippen LogP contribution in [0.5, 0.6) is 11.8 Å². The number of nitrogens with zero attached hydrogens (tertiary/aromatic N) is 4. The van der Waals surface area contributed by atoms with Crippen molar-refractivity contribution >= 4 is 38.1 Å². The van der Waals surface area contributed by atoms with Gasteiger partial charge in [0.15, 0.2) is 5.82 Å². The van der Waals surface area contributed by atoms with Gasteiger partial charge < -0.3 is 20.1 Å². The summed E-state index contributed by atoms with van der Waals surface area (Å²) in [7, 11) is 0. The second-order valence-corrected chi connectivity index (χ2v) is 13.3. The van der Waals surface area contributed by atoms with Crippen molar-refractivity contribution in [2.45, 2.75) is 69.2 Å². The number of hydrogen-bond donors (Lipinski definition) is 2. The largest absolute Gasteiger partial charge is 0.508 e. The predicted molar refractivity (Wildman–Crippen MR) is 162 cm³/mol. The lowest BCUT2D eigenvalue weighted by atomic mass is 9.94. The van der Waals surface area contributed by atoms with E-state index in [4.69, 9.17) is 14.7 Å². The zero-order valence-corrected chi connectivity index (χ0v) is 24.2. The number of anilines is 1. The van der Waals surface area contributed by atoms with E-state index in [-0.39, 0.29) is 11.3 Å². The summed E-state index contributed by atoms with van der Waals surface area (Å²) in [4.78, 5) is 14.8. The highest BCUT2D eigenvalue weighted by molar-refractivity contribution is 7.18. The fourth-order valence-electron chi connectivity index (χ4n) is 7.97. The molecule has 2 N–H and O–H groups in total. The van der Waals surface area contributed by atoms with E-state index in [9.17, 15) is 9.50 Å². The first kappa shape index (κ1) is 25.7. The minimum absolute atomic E-state index is 0.243. The Balaban J connectivity index is 1.26. The number of ether oxygens (including phenoxy) is 1. The van der Waals surface area contributed by atoms with Gasteiger partial charge >= 0.3 is 6.01 Å². The number of phenols is 1. The lowest BCUT2D eigenvalue weighted by Crippen LogP contribution is -2.51. The van der Waals surface area contributed by atoms with E-state index in [0.29, 0.717) is 37.7 Å². The van der Waals surface area contributed by atoms with Crippen LogP contribution in [0.1, 0.15) is 44.6 Å². The van der Waals surface area contributed by atoms with Gasteiger partial charge in [-0.1, -0.05) is 25.1 Å². The van der Waals surface area contributed by atoms with Crippen molar-refractivity contribution in [3.8, 4) is 22.9 Å². The van der Waals surface area contributed by atoms with E-state index >= 15 is 0 Å². The summed E-state index contributed by atoms with van der Waals surface area (Å²) in [5.41, 5.74) is 3.80. The number of rotatable bonds is 6. The molecule has 4 fully saturated rings. The van der Waals surface area contributed by atoms with Crippen molar-refractivity contribution in [2.75, 3.05) is 37.7 Å². The molecule has 4 atom stereocenters. The molecule has 4 aliphatic rings. The Labute approximate surface area is 243 Å². The van der Waals surface area contributed by atoms with Crippen LogP contribution in [0.25, 0.3) is 32.1 Å². The standard InChI is InChI=1S/C32H36FN5O2S/c1-2-19-5-3-6-20-11-24(39)12-25(27(19)20)26-17-41-29-28(26)35-31(36-30(29)37-15-22-7-8-23(16-37)34-22)40-18-32-9-4-10-38(32)14-21(33)13-32/h3,5-6,11-12,17,21-23,34,39H,2,4,7-10,13-16,18H2,1H3/t21-,22?,23?,32+/m1/s1. The molecule has 7 nitrogen and oxygen atoms in total. The summed E-state index contributed by atoms with van der Waals surface area (Å²) in [6.45, 7) is 5.81. The summed E-state index contributed by atoms with van der Waals surface area (Å²) in [5.74, 6) is 1.17. The van der Waals surface area contributed by atoms with Crippen molar-refractivity contribution in [1.29, 1.82) is 0 Å². The fourth-order valence-corrected chi connectivity index (χ4v) is 8.99. The third kappa shape index (κ3) is 4.27. The van der Waals surface area contributed by atoms with Gasteiger partial charge in [0.05, 0.1) is 15.8 Å². The minimum Gasteiger partial charge on any atom is -0.508 e. The number of halogens is 1. The van der Waals surface area contributed by atoms with Gasteiger partial charge in [-0.15, -0.1) is 11.3 Å². The summed E-state index contributed by atoms with van der Waals surface area (Å²) in [6.07, 6.45) is 5.00. The van der Waals surface area contributed by atoms with Crippen LogP contribution < -0.4 is 15.0 Å². The number of alkyl halides is 1. The van der Waals surface area contributed by atoms with Crippen molar-refractivity contribution in [1.82, 2.24) is 20.2 Å². The van der Waals surface area contributed by atoms with Gasteiger partial charge in [-0.3, -0.25) is 4.90 Å². The lowest BCUT2D eigenvalue weighted by molar-refractivity contribution is 0.107. The molecule has 214 valence electrons. The maximum atomic E-state index is 14.5. The van der Waals surface area contributed by atoms with Gasteiger partial charge in [-0.25, -0.2) is 4.39 Å². The van der Waals surface area contributed by atoms with E-state index in [1.54, 1.807) is 11.3 Å². The Morgan fingerprint density at radius 1 is 1.15 bits per heavy atom. The highest BCUT2D eigenvalue weighted by Crippen LogP contribution is 2.45. The van der Waals surface area contributed by atoms with Crippen molar-refractivity contribution in [3.63, 3.8) is 0 Å². The number of hydrogen-bond acceptors (Lipinski definition) is 8. The Kier molecular flexibility index (Phi) is 6.13. The van der Waals surface area contributed by atoms with Gasteiger partial charge in [0.1, 0.15) is 18.5 Å². The molecule has 0 amide bonds. The van der Waals surface area contributed by atoms with Crippen LogP contribution in [0.2, 0.25) is 0 Å². The third-order valence-corrected chi connectivity index (χ3v) is 10.8. The summed E-state index contributed by atoms with van der Waals surface area (Å²) in [5, 5.41) is 18.8. The minimum atomic E-state index is -0.801. The maximum absolute atomic E-state index is 14.5. The quantitative estimate of drug-likeness (QED) is 0.308. The number of nitrogens with one attached hydrogen (secondary N) is 1. The molecule has 4 saturated heterocycles. The van der Waals surface area contributed by atoms with Gasteiger partial charge in [0.25, 0.3) is 0 Å². The van der Waals surface area contributed by atoms with Crippen LogP contribution in [0.15, 0.2) is 35.7 Å². The first-order valence-electron chi connectivity index (χ1n) is 15.1. The zero-order valence-electron chi connectivity index (χ0n) is 23.4. The number of aromatic hydroxyl groups is 1. The molecule has 9 heteroatoms. The Morgan fingerprint density at radius 3 is 2.83 bits per heavy atom. The van der Waals surface area contributed by atoms with E-state index in [2.05, 4.69) is 45.6 Å². The molecule has 2 unspecified atom stereocenters. The first-order chi connectivity index (χ1) is 20.0. The molecule has 0 aliphatic carbocycles. The average Bonchev–Trinajstić information content (AvgIpc) is 3.72. The molecule has 41 heavy (non-hydrogen) atoms. The monoisotopic (exact) mass is 573 g/mol. The molecular formula is C32H36FN5O2S. The number of aromatic nitrogens is 2. The van der Waals surface area contributed by atoms with Gasteiger partial charge in [0.2, 0.25) is 0 Å². The van der Waals surface area contributed by atoms with Crippen LogP contribution in [-0.2, 0) is 6.42 Å². The summed E-state index contributed by atoms with van der Waals surface area (Å²) in [6, 6.07) is 11.3. The summed E-state index contributed by atoms with van der Waals surface area (Å²) < 4.78 is 22.0. The molecule has 0 spiro atoms. The van der Waals surface area contributed by atoms with E-state index < -0.39 is 6.17 Å². The highest BCUT2D eigenvalue weighted by atomic mass is 32.1. The first-order valence-corrected chi connectivity index (χ1v) is 15.9. The number of aryl methyl sites for hydroxylation is 1. The Morgan fingerprint density at radius 2 is 2.00 bits per heavy atom. The smallest absolute Gasteiger partial charge is 0.319 e. The average molecular weight is 574 g/mol. The molecular weight excluding hydrogens is 537 g/mol. The maximum Gasteiger partial charge on any atom is 0.319 e. The zero-order chi connectivity index (χ0) is 27.7. The predicted octanol–water partition coefficient (Wildman–Crippen LogP) is 5.68. The van der Waals surface area contributed by atoms with Crippen molar-refractivity contribution < 1.29 is 14.2 Å². The van der Waals surface area contributed by atoms with Crippen molar-refractivity contribution in [2.24, 2.45) is 0 Å². The van der Waals surface area contributed by atoms with E-state index in [0.717, 1.165) is 76.8 Å². The molecule has 8 rings (SSSR count). The van der Waals surface area contributed by atoms with Crippen LogP contribution in [0.4, 0.5) is 10.2 Å². The van der Waals surface area contributed by atoms with Crippen LogP contribution >= 0.6 is 11.3 Å². The Bertz CT molecular complexity index is 1630. The number of benzene rings is 2. The second-order valence-electron chi connectivity index (χ2n) is 12.4. The molecule has 0 radical (unpaired) electrons. The molecule has 2 bridgehead atoms. The number of phenolic OH excluding ortho intramolecular Hbond substituents is 1. The number of thiophene rings is 1. The van der Waals surface area contributed by atoms with E-state index in [1.807, 2.05) is 12.1 Å². The number of fused-ring (bicyclic) bond motifs is 5. The molecule has 4 aromatic rings. The molecule has 6 heterocycles. The van der Waals surface area contributed by atoms with Crippen LogP contribution in [-0.4, -0.2) is 76.6 Å². The second kappa shape index (κ2) is 9.78. The highest BCUT2D eigenvalue weighted by Gasteiger charge is 2.49. The topological polar surface area (TPSA) is 73.8 Å². The van der Waals surface area contributed by atoms with Crippen molar-refractivity contribution in [3.05, 3.63) is 41.3 Å². The Hall–Kier alpha value is -3.01. The third-order valence-electron chi connectivity index (χ3n) is 9.84. The van der Waals surface area contributed by atoms with Gasteiger partial charge in [-0.2, -0.15) is 9.97 Å². The van der Waals surface area contributed by atoms with Gasteiger partial charge in [-0.05, 0) is 72.7 Å². The van der Waals surface area contributed by atoms with Gasteiger partial charge in [0, 0.05) is 49.1 Å². The van der Waals surface area contributed by atoms with Crippen LogP contribution in [0, 0.1) is 0 Å². The fraction of sp³-hybridized carbons (Fsp3) is 0.500. The van der Waals surface area contributed by atoms with Crippen LogP contribution in [0.3, 0.4) is 0 Å². The molecule has 2 aromatic heterocycles. The molecule has 0 saturated carbocycles. The SMILES string of the molecule is CCc1cccc2cc(O)cc(-c3csc4c(N5CC6CCC(C5)N6)nc(OC[C@@]56CCCN5C[C@H](F)C6)nc34)c12. The lowest BCUT2D eigenvalue weighted by Gasteiger charge is -2.34. The number of piperazine rings is 1.